The monoisotopic (exact) mass is 299 g/mol. The molecule has 0 unspecified atom stereocenters. The molecule has 3 nitrogen and oxygen atoms in total. The first-order chi connectivity index (χ1) is 7.59. The number of hydrogen-bond donors (Lipinski definition) is 1. The van der Waals surface area contributed by atoms with Crippen LogP contribution in [0.5, 0.6) is 0 Å². The van der Waals surface area contributed by atoms with Crippen molar-refractivity contribution in [3.8, 4) is 0 Å². The fraction of sp³-hybridized carbons (Fsp3) is 0. The molecule has 0 amide bonds. The fourth-order valence-corrected chi connectivity index (χ4v) is 1.91. The van der Waals surface area contributed by atoms with Crippen LogP contribution in [0.4, 0.5) is 5.69 Å². The maximum atomic E-state index is 12.0. The van der Waals surface area contributed by atoms with Gasteiger partial charge in [-0.05, 0) is 40.2 Å². The van der Waals surface area contributed by atoms with Crippen LogP contribution in [-0.2, 0) is 0 Å². The van der Waals surface area contributed by atoms with Gasteiger partial charge in [0.25, 0.3) is 0 Å². The predicted octanol–water partition coefficient (Wildman–Crippen LogP) is 3.51. The third kappa shape index (κ3) is 1.99. The standard InChI is InChI=1S/C11H7BrClNO2/c12-9-5-4-8(16-9)11(15)10-6(13)2-1-3-7(10)14/h1-5H,14H2. The van der Waals surface area contributed by atoms with E-state index in [1.807, 2.05) is 0 Å². The third-order valence-corrected chi connectivity index (χ3v) is 2.81. The quantitative estimate of drug-likeness (QED) is 0.682. The van der Waals surface area contributed by atoms with Crippen LogP contribution in [0.2, 0.25) is 5.02 Å². The highest BCUT2D eigenvalue weighted by Crippen LogP contribution is 2.26. The normalized spacial score (nSPS) is 10.4. The minimum absolute atomic E-state index is 0.201. The molecule has 2 rings (SSSR count). The number of ketones is 1. The lowest BCUT2D eigenvalue weighted by Crippen LogP contribution is -2.05. The molecule has 0 saturated heterocycles. The zero-order valence-corrected chi connectivity index (χ0v) is 10.4. The molecule has 0 spiro atoms. The Kier molecular flexibility index (Phi) is 3.03. The molecule has 2 aromatic rings. The molecule has 0 aliphatic carbocycles. The van der Waals surface area contributed by atoms with Crippen LogP contribution in [-0.4, -0.2) is 5.78 Å². The molecule has 16 heavy (non-hydrogen) atoms. The van der Waals surface area contributed by atoms with E-state index < -0.39 is 0 Å². The zero-order chi connectivity index (χ0) is 11.7. The Morgan fingerprint density at radius 2 is 2.06 bits per heavy atom. The summed E-state index contributed by atoms with van der Waals surface area (Å²) < 4.78 is 5.65. The smallest absolute Gasteiger partial charge is 0.231 e. The number of hydrogen-bond acceptors (Lipinski definition) is 3. The van der Waals surface area contributed by atoms with Crippen molar-refractivity contribution in [2.24, 2.45) is 0 Å². The second-order valence-electron chi connectivity index (χ2n) is 3.14. The molecule has 0 bridgehead atoms. The van der Waals surface area contributed by atoms with Gasteiger partial charge in [0.2, 0.25) is 5.78 Å². The van der Waals surface area contributed by atoms with Gasteiger partial charge in [-0.1, -0.05) is 17.7 Å². The first-order valence-electron chi connectivity index (χ1n) is 4.43. The molecule has 0 aliphatic rings. The zero-order valence-electron chi connectivity index (χ0n) is 8.04. The first kappa shape index (κ1) is 11.2. The largest absolute Gasteiger partial charge is 0.446 e. The highest BCUT2D eigenvalue weighted by atomic mass is 79.9. The van der Waals surface area contributed by atoms with Crippen LogP contribution in [0.25, 0.3) is 0 Å². The first-order valence-corrected chi connectivity index (χ1v) is 5.60. The van der Waals surface area contributed by atoms with Gasteiger partial charge in [-0.3, -0.25) is 4.79 Å². The number of nitrogen functional groups attached to an aromatic ring is 1. The van der Waals surface area contributed by atoms with Gasteiger partial charge < -0.3 is 10.2 Å². The summed E-state index contributed by atoms with van der Waals surface area (Å²) in [7, 11) is 0. The maximum absolute atomic E-state index is 12.0. The fourth-order valence-electron chi connectivity index (χ4n) is 1.34. The average molecular weight is 301 g/mol. The van der Waals surface area contributed by atoms with Gasteiger partial charge in [0.1, 0.15) is 0 Å². The summed E-state index contributed by atoms with van der Waals surface area (Å²) in [6.45, 7) is 0. The molecule has 0 saturated carbocycles. The number of nitrogens with two attached hydrogens (primary N) is 1. The molecule has 0 radical (unpaired) electrons. The summed E-state index contributed by atoms with van der Waals surface area (Å²) in [5.74, 6) is -0.125. The maximum Gasteiger partial charge on any atom is 0.231 e. The molecule has 5 heteroatoms. The molecule has 0 atom stereocenters. The Balaban J connectivity index is 2.49. The molecule has 1 aromatic carbocycles. The summed E-state index contributed by atoms with van der Waals surface area (Å²) in [6.07, 6.45) is 0. The van der Waals surface area contributed by atoms with Gasteiger partial charge in [-0.2, -0.15) is 0 Å². The van der Waals surface area contributed by atoms with Crippen molar-refractivity contribution in [2.75, 3.05) is 5.73 Å². The van der Waals surface area contributed by atoms with Crippen LogP contribution >= 0.6 is 27.5 Å². The van der Waals surface area contributed by atoms with Gasteiger partial charge in [-0.25, -0.2) is 0 Å². The van der Waals surface area contributed by atoms with Crippen LogP contribution in [0.3, 0.4) is 0 Å². The Hall–Kier alpha value is -1.26. The molecule has 0 fully saturated rings. The summed E-state index contributed by atoms with van der Waals surface area (Å²) in [4.78, 5) is 12.0. The Labute approximate surface area is 105 Å². The van der Waals surface area contributed by atoms with E-state index in [9.17, 15) is 4.79 Å². The van der Waals surface area contributed by atoms with E-state index >= 15 is 0 Å². The number of halogens is 2. The van der Waals surface area contributed by atoms with Crippen molar-refractivity contribution in [1.82, 2.24) is 0 Å². The topological polar surface area (TPSA) is 56.2 Å². The highest BCUT2D eigenvalue weighted by Gasteiger charge is 2.18. The van der Waals surface area contributed by atoms with E-state index in [1.54, 1.807) is 30.3 Å². The van der Waals surface area contributed by atoms with Crippen LogP contribution in [0.1, 0.15) is 16.1 Å². The lowest BCUT2D eigenvalue weighted by Gasteiger charge is -2.04. The number of carbonyl (C=O) groups excluding carboxylic acids is 1. The van der Waals surface area contributed by atoms with Gasteiger partial charge in [0.15, 0.2) is 10.4 Å². The number of anilines is 1. The van der Waals surface area contributed by atoms with Crippen molar-refractivity contribution in [2.45, 2.75) is 0 Å². The summed E-state index contributed by atoms with van der Waals surface area (Å²) in [5.41, 5.74) is 6.32. The SMILES string of the molecule is Nc1cccc(Cl)c1C(=O)c1ccc(Br)o1. The van der Waals surface area contributed by atoms with E-state index in [1.165, 1.54) is 0 Å². The Morgan fingerprint density at radius 1 is 1.31 bits per heavy atom. The minimum Gasteiger partial charge on any atom is -0.446 e. The van der Waals surface area contributed by atoms with E-state index in [2.05, 4.69) is 15.9 Å². The molecule has 1 heterocycles. The van der Waals surface area contributed by atoms with Crippen molar-refractivity contribution < 1.29 is 9.21 Å². The van der Waals surface area contributed by atoms with Crippen molar-refractivity contribution in [1.29, 1.82) is 0 Å². The molecule has 0 aliphatic heterocycles. The van der Waals surface area contributed by atoms with Crippen LogP contribution in [0.15, 0.2) is 39.4 Å². The van der Waals surface area contributed by atoms with Gasteiger partial charge in [0, 0.05) is 5.69 Å². The van der Waals surface area contributed by atoms with E-state index in [-0.39, 0.29) is 17.1 Å². The second kappa shape index (κ2) is 4.31. The van der Waals surface area contributed by atoms with Gasteiger partial charge >= 0.3 is 0 Å². The molecule has 82 valence electrons. The summed E-state index contributed by atoms with van der Waals surface area (Å²) in [6, 6.07) is 8.13. The summed E-state index contributed by atoms with van der Waals surface area (Å²) >= 11 is 9.05. The Morgan fingerprint density at radius 3 is 2.62 bits per heavy atom. The summed E-state index contributed by atoms with van der Waals surface area (Å²) in [5, 5.41) is 0.317. The second-order valence-corrected chi connectivity index (χ2v) is 4.33. The minimum atomic E-state index is -0.325. The third-order valence-electron chi connectivity index (χ3n) is 2.07. The van der Waals surface area contributed by atoms with Gasteiger partial charge in [-0.15, -0.1) is 0 Å². The number of rotatable bonds is 2. The highest BCUT2D eigenvalue weighted by molar-refractivity contribution is 9.10. The van der Waals surface area contributed by atoms with E-state index in [4.69, 9.17) is 21.8 Å². The van der Waals surface area contributed by atoms with Crippen molar-refractivity contribution >= 4 is 39.0 Å². The number of furan rings is 1. The molecule has 2 N–H and O–H groups in total. The van der Waals surface area contributed by atoms with Crippen LogP contribution < -0.4 is 5.73 Å². The molecular formula is C11H7BrClNO2. The molecular weight excluding hydrogens is 293 g/mol. The van der Waals surface area contributed by atoms with E-state index in [0.717, 1.165) is 0 Å². The average Bonchev–Trinajstić information content (AvgIpc) is 2.64. The van der Waals surface area contributed by atoms with Crippen LogP contribution in [0, 0.1) is 0 Å². The van der Waals surface area contributed by atoms with E-state index in [0.29, 0.717) is 15.4 Å². The van der Waals surface area contributed by atoms with Crippen molar-refractivity contribution in [3.63, 3.8) is 0 Å². The predicted molar refractivity (Wildman–Crippen MR) is 65.7 cm³/mol. The lowest BCUT2D eigenvalue weighted by molar-refractivity contribution is 0.101. The number of carbonyl (C=O) groups is 1. The van der Waals surface area contributed by atoms with Gasteiger partial charge in [0.05, 0.1) is 10.6 Å². The molecule has 1 aromatic heterocycles. The number of benzene rings is 1. The van der Waals surface area contributed by atoms with Crippen molar-refractivity contribution in [3.05, 3.63) is 51.3 Å². The Bertz CT molecular complexity index is 530. The lowest BCUT2D eigenvalue weighted by atomic mass is 10.1.